The molecular weight excluding hydrogens is 237 g/mol. The first-order valence-electron chi connectivity index (χ1n) is 5.83. The Morgan fingerprint density at radius 3 is 2.56 bits per heavy atom. The Balaban J connectivity index is 1.94. The summed E-state index contributed by atoms with van der Waals surface area (Å²) in [6.07, 6.45) is -0.0853. The molecule has 96 valence electrons. The Hall–Kier alpha value is -1.91. The number of rotatable bonds is 4. The average Bonchev–Trinajstić information content (AvgIpc) is 2.67. The molecule has 1 aliphatic rings. The van der Waals surface area contributed by atoms with Gasteiger partial charge in [-0.1, -0.05) is 12.1 Å². The molecule has 18 heavy (non-hydrogen) atoms. The fraction of sp³-hybridized carbons (Fsp3) is 0.385. The van der Waals surface area contributed by atoms with Crippen molar-refractivity contribution in [1.82, 2.24) is 4.90 Å². The maximum atomic E-state index is 13.3. The molecule has 1 saturated heterocycles. The van der Waals surface area contributed by atoms with Crippen LogP contribution in [-0.4, -0.2) is 34.7 Å². The second-order valence-electron chi connectivity index (χ2n) is 4.31. The Kier molecular flexibility index (Phi) is 3.60. The molecule has 1 aliphatic heterocycles. The highest BCUT2D eigenvalue weighted by Crippen LogP contribution is 2.20. The van der Waals surface area contributed by atoms with Gasteiger partial charge in [-0.25, -0.2) is 9.18 Å². The predicted octanol–water partition coefficient (Wildman–Crippen LogP) is 1.85. The van der Waals surface area contributed by atoms with Crippen LogP contribution >= 0.6 is 0 Å². The number of nitrogens with zero attached hydrogens (tertiary/aromatic N) is 1. The average molecular weight is 251 g/mol. The van der Waals surface area contributed by atoms with Crippen LogP contribution < -0.4 is 0 Å². The van der Waals surface area contributed by atoms with Crippen LogP contribution in [0.1, 0.15) is 28.8 Å². The van der Waals surface area contributed by atoms with E-state index in [4.69, 9.17) is 5.11 Å². The van der Waals surface area contributed by atoms with Crippen molar-refractivity contribution in [2.24, 2.45) is 0 Å². The lowest BCUT2D eigenvalue weighted by molar-refractivity contribution is -0.130. The van der Waals surface area contributed by atoms with Gasteiger partial charge >= 0.3 is 5.97 Å². The summed E-state index contributed by atoms with van der Waals surface area (Å²) < 4.78 is 13.3. The van der Waals surface area contributed by atoms with E-state index >= 15 is 0 Å². The highest BCUT2D eigenvalue weighted by Gasteiger charge is 2.29. The summed E-state index contributed by atoms with van der Waals surface area (Å²) in [7, 11) is 0. The van der Waals surface area contributed by atoms with E-state index in [2.05, 4.69) is 0 Å². The van der Waals surface area contributed by atoms with Crippen molar-refractivity contribution >= 4 is 11.9 Å². The second-order valence-corrected chi connectivity index (χ2v) is 4.31. The Morgan fingerprint density at radius 1 is 1.39 bits per heavy atom. The summed E-state index contributed by atoms with van der Waals surface area (Å²) in [4.78, 5) is 23.3. The molecule has 1 atom stereocenters. The maximum Gasteiger partial charge on any atom is 0.335 e. The number of likely N-dealkylation sites (tertiary alicyclic amines) is 1. The molecule has 1 heterocycles. The number of alkyl halides is 1. The molecule has 0 aromatic heterocycles. The summed E-state index contributed by atoms with van der Waals surface area (Å²) >= 11 is 0. The number of carboxylic acid groups (broad SMARTS) is 1. The molecule has 1 amide bonds. The van der Waals surface area contributed by atoms with Crippen molar-refractivity contribution in [3.63, 3.8) is 0 Å². The van der Waals surface area contributed by atoms with Gasteiger partial charge < -0.3 is 10.0 Å². The normalized spacial score (nSPS) is 19.3. The predicted molar refractivity (Wildman–Crippen MR) is 62.9 cm³/mol. The van der Waals surface area contributed by atoms with Crippen LogP contribution in [0, 0.1) is 0 Å². The van der Waals surface area contributed by atoms with Gasteiger partial charge in [-0.2, -0.15) is 0 Å². The van der Waals surface area contributed by atoms with Gasteiger partial charge in [-0.05, 0) is 24.1 Å². The lowest BCUT2D eigenvalue weighted by Crippen LogP contribution is -2.32. The zero-order chi connectivity index (χ0) is 13.1. The fourth-order valence-electron chi connectivity index (χ4n) is 2.03. The smallest absolute Gasteiger partial charge is 0.335 e. The minimum atomic E-state index is -1.17. The van der Waals surface area contributed by atoms with Gasteiger partial charge in [0.15, 0.2) is 6.30 Å². The van der Waals surface area contributed by atoms with Gasteiger partial charge in [0.05, 0.1) is 5.56 Å². The van der Waals surface area contributed by atoms with Crippen molar-refractivity contribution < 1.29 is 19.1 Å². The van der Waals surface area contributed by atoms with E-state index in [9.17, 15) is 14.0 Å². The molecule has 1 N–H and O–H groups in total. The number of benzene rings is 1. The molecule has 0 radical (unpaired) electrons. The van der Waals surface area contributed by atoms with E-state index in [1.807, 2.05) is 0 Å². The first-order valence-corrected chi connectivity index (χ1v) is 5.83. The van der Waals surface area contributed by atoms with Crippen LogP contribution in [0.15, 0.2) is 24.3 Å². The molecule has 0 bridgehead atoms. The minimum Gasteiger partial charge on any atom is -0.478 e. The van der Waals surface area contributed by atoms with E-state index in [-0.39, 0.29) is 24.3 Å². The number of amides is 1. The first-order chi connectivity index (χ1) is 8.58. The summed E-state index contributed by atoms with van der Waals surface area (Å²) in [5, 5.41) is 8.75. The second kappa shape index (κ2) is 5.16. The van der Waals surface area contributed by atoms with E-state index in [0.717, 1.165) is 5.56 Å². The largest absolute Gasteiger partial charge is 0.478 e. The Labute approximate surface area is 104 Å². The molecule has 2 rings (SSSR count). The summed E-state index contributed by atoms with van der Waals surface area (Å²) in [5.74, 6) is -1.12. The van der Waals surface area contributed by atoms with E-state index in [1.165, 1.54) is 17.0 Å². The molecule has 0 saturated carbocycles. The number of hydrogen-bond donors (Lipinski definition) is 1. The third-order valence-electron chi connectivity index (χ3n) is 3.10. The van der Waals surface area contributed by atoms with E-state index in [1.54, 1.807) is 12.1 Å². The van der Waals surface area contributed by atoms with E-state index < -0.39 is 12.3 Å². The molecule has 1 unspecified atom stereocenters. The van der Waals surface area contributed by atoms with Gasteiger partial charge in [0.2, 0.25) is 5.91 Å². The summed E-state index contributed by atoms with van der Waals surface area (Å²) in [6.45, 7) is 0.340. The van der Waals surface area contributed by atoms with Crippen LogP contribution in [0.2, 0.25) is 0 Å². The molecule has 1 aromatic carbocycles. The maximum absolute atomic E-state index is 13.3. The van der Waals surface area contributed by atoms with Crippen molar-refractivity contribution in [1.29, 1.82) is 0 Å². The molecule has 0 aliphatic carbocycles. The van der Waals surface area contributed by atoms with Crippen LogP contribution in [-0.2, 0) is 11.2 Å². The first kappa shape index (κ1) is 12.5. The molecule has 1 fully saturated rings. The lowest BCUT2D eigenvalue weighted by atomic mass is 10.1. The molecule has 5 heteroatoms. The van der Waals surface area contributed by atoms with Gasteiger partial charge in [-0.15, -0.1) is 0 Å². The number of halogens is 1. The zero-order valence-corrected chi connectivity index (χ0v) is 9.80. The standard InChI is InChI=1S/C13H14FNO3/c14-11-5-6-12(16)15(11)8-7-9-1-3-10(4-2-9)13(17)18/h1-4,11H,5-8H2,(H,17,18). The van der Waals surface area contributed by atoms with Crippen molar-refractivity contribution in [3.8, 4) is 0 Å². The van der Waals surface area contributed by atoms with E-state index in [0.29, 0.717) is 13.0 Å². The van der Waals surface area contributed by atoms with Gasteiger partial charge in [0.25, 0.3) is 0 Å². The number of hydrogen-bond acceptors (Lipinski definition) is 2. The van der Waals surface area contributed by atoms with Crippen LogP contribution in [0.3, 0.4) is 0 Å². The zero-order valence-electron chi connectivity index (χ0n) is 9.80. The van der Waals surface area contributed by atoms with Crippen molar-refractivity contribution in [3.05, 3.63) is 35.4 Å². The topological polar surface area (TPSA) is 57.6 Å². The Morgan fingerprint density at radius 2 is 2.06 bits per heavy atom. The lowest BCUT2D eigenvalue weighted by Gasteiger charge is -2.18. The third-order valence-corrected chi connectivity index (χ3v) is 3.10. The monoisotopic (exact) mass is 251 g/mol. The van der Waals surface area contributed by atoms with Crippen molar-refractivity contribution in [2.45, 2.75) is 25.6 Å². The molecule has 1 aromatic rings. The molecular formula is C13H14FNO3. The minimum absolute atomic E-state index is 0.148. The summed E-state index contributed by atoms with van der Waals surface area (Å²) in [6, 6.07) is 6.40. The number of carbonyl (C=O) groups is 2. The quantitative estimate of drug-likeness (QED) is 0.831. The number of carbonyl (C=O) groups excluding carboxylic acids is 1. The highest BCUT2D eigenvalue weighted by molar-refractivity contribution is 5.87. The molecule has 0 spiro atoms. The summed E-state index contributed by atoms with van der Waals surface area (Å²) in [5.41, 5.74) is 1.12. The number of aromatic carboxylic acids is 1. The number of carboxylic acids is 1. The van der Waals surface area contributed by atoms with Gasteiger partial charge in [-0.3, -0.25) is 4.79 Å². The van der Waals surface area contributed by atoms with Crippen LogP contribution in [0.4, 0.5) is 4.39 Å². The van der Waals surface area contributed by atoms with Gasteiger partial charge in [0, 0.05) is 19.4 Å². The van der Waals surface area contributed by atoms with Crippen LogP contribution in [0.5, 0.6) is 0 Å². The third kappa shape index (κ3) is 2.67. The molecule has 4 nitrogen and oxygen atoms in total. The van der Waals surface area contributed by atoms with Crippen LogP contribution in [0.25, 0.3) is 0 Å². The highest BCUT2D eigenvalue weighted by atomic mass is 19.1. The van der Waals surface area contributed by atoms with Crippen molar-refractivity contribution in [2.75, 3.05) is 6.54 Å². The fourth-order valence-corrected chi connectivity index (χ4v) is 2.03. The van der Waals surface area contributed by atoms with Gasteiger partial charge in [0.1, 0.15) is 0 Å². The SMILES string of the molecule is O=C(O)c1ccc(CCN2C(=O)CCC2F)cc1. The Bertz CT molecular complexity index is 458.